The molecule has 0 fully saturated rings. The fourth-order valence-electron chi connectivity index (χ4n) is 2.62. The Labute approximate surface area is 184 Å². The summed E-state index contributed by atoms with van der Waals surface area (Å²) in [6.45, 7) is 0. The van der Waals surface area contributed by atoms with Gasteiger partial charge in [0.2, 0.25) is 5.75 Å². The first-order valence-electron chi connectivity index (χ1n) is 9.14. The van der Waals surface area contributed by atoms with Gasteiger partial charge in [0.05, 0.1) is 29.4 Å². The first kappa shape index (κ1) is 23.2. The van der Waals surface area contributed by atoms with E-state index < -0.39 is 34.0 Å². The second-order valence-corrected chi connectivity index (χ2v) is 6.39. The third kappa shape index (κ3) is 5.81. The number of nitro benzene ring substituents is 1. The van der Waals surface area contributed by atoms with Crippen LogP contribution in [0.5, 0.6) is 17.2 Å². The number of nitrogens with one attached hydrogen (secondary N) is 1. The highest BCUT2D eigenvalue weighted by molar-refractivity contribution is 5.94. The van der Waals surface area contributed by atoms with Crippen LogP contribution in [-0.2, 0) is 6.18 Å². The molecule has 0 saturated carbocycles. The SMILES string of the molecule is COc1cc(/C=N\NC(=O)c2cccnc2)ccc1Oc1ccc(C(F)(F)F)cc1[N+](=O)[O-]. The standard InChI is InChI=1S/C21H15F3N4O5/c1-32-19-9-13(11-26-27-20(29)14-3-2-8-25-12-14)4-6-18(19)33-17-7-5-15(21(22,23)24)10-16(17)28(30)31/h2-12H,1H3,(H,27,29)/b26-11-. The van der Waals surface area contributed by atoms with Gasteiger partial charge in [0.1, 0.15) is 0 Å². The van der Waals surface area contributed by atoms with Gasteiger partial charge in [-0.05, 0) is 48.0 Å². The Hall–Kier alpha value is -4.48. The molecule has 9 nitrogen and oxygen atoms in total. The highest BCUT2D eigenvalue weighted by atomic mass is 19.4. The predicted octanol–water partition coefficient (Wildman–Crippen LogP) is 4.57. The normalized spacial score (nSPS) is 11.3. The van der Waals surface area contributed by atoms with Crippen molar-refractivity contribution < 1.29 is 32.4 Å². The highest BCUT2D eigenvalue weighted by Gasteiger charge is 2.33. The molecule has 1 aromatic heterocycles. The maximum Gasteiger partial charge on any atom is 0.416 e. The summed E-state index contributed by atoms with van der Waals surface area (Å²) in [7, 11) is 1.31. The zero-order valence-corrected chi connectivity index (χ0v) is 16.9. The molecular weight excluding hydrogens is 445 g/mol. The quantitative estimate of drug-likeness (QED) is 0.314. The molecule has 0 aliphatic heterocycles. The number of hydrogen-bond acceptors (Lipinski definition) is 7. The summed E-state index contributed by atoms with van der Waals surface area (Å²) in [6, 6.07) is 9.47. The molecule has 1 amide bonds. The first-order chi connectivity index (χ1) is 15.7. The van der Waals surface area contributed by atoms with Crippen molar-refractivity contribution in [1.82, 2.24) is 10.4 Å². The van der Waals surface area contributed by atoms with E-state index in [1.807, 2.05) is 0 Å². The van der Waals surface area contributed by atoms with Gasteiger partial charge in [-0.3, -0.25) is 19.9 Å². The molecule has 0 bridgehead atoms. The van der Waals surface area contributed by atoms with E-state index in [-0.39, 0.29) is 11.5 Å². The summed E-state index contributed by atoms with van der Waals surface area (Å²) in [6.07, 6.45) is -0.523. The lowest BCUT2D eigenvalue weighted by Crippen LogP contribution is -2.17. The van der Waals surface area contributed by atoms with E-state index in [1.165, 1.54) is 43.9 Å². The van der Waals surface area contributed by atoms with Crippen LogP contribution in [0.1, 0.15) is 21.5 Å². The fraction of sp³-hybridized carbons (Fsp3) is 0.0952. The van der Waals surface area contributed by atoms with Gasteiger partial charge < -0.3 is 9.47 Å². The minimum atomic E-state index is -4.74. The molecule has 170 valence electrons. The molecule has 0 aliphatic carbocycles. The zero-order chi connectivity index (χ0) is 24.0. The number of amides is 1. The van der Waals surface area contributed by atoms with Gasteiger partial charge in [0, 0.05) is 18.5 Å². The average Bonchev–Trinajstić information content (AvgIpc) is 2.79. The lowest BCUT2D eigenvalue weighted by molar-refractivity contribution is -0.385. The van der Waals surface area contributed by atoms with Crippen molar-refractivity contribution in [3.8, 4) is 17.2 Å². The molecule has 0 radical (unpaired) electrons. The summed E-state index contributed by atoms with van der Waals surface area (Å²) in [5, 5.41) is 15.1. The van der Waals surface area contributed by atoms with E-state index in [9.17, 15) is 28.1 Å². The average molecular weight is 460 g/mol. The number of carbonyl (C=O) groups excluding carboxylic acids is 1. The molecule has 1 heterocycles. The number of benzene rings is 2. The fourth-order valence-corrected chi connectivity index (χ4v) is 2.62. The number of hydrogen-bond donors (Lipinski definition) is 1. The van der Waals surface area contributed by atoms with Crippen LogP contribution in [0.3, 0.4) is 0 Å². The number of rotatable bonds is 7. The number of methoxy groups -OCH3 is 1. The van der Waals surface area contributed by atoms with Gasteiger partial charge in [0.15, 0.2) is 11.5 Å². The van der Waals surface area contributed by atoms with E-state index in [0.29, 0.717) is 23.3 Å². The minimum absolute atomic E-state index is 0.0249. The summed E-state index contributed by atoms with van der Waals surface area (Å²) >= 11 is 0. The zero-order valence-electron chi connectivity index (χ0n) is 16.9. The van der Waals surface area contributed by atoms with Crippen molar-refractivity contribution >= 4 is 17.8 Å². The Kier molecular flexibility index (Phi) is 6.86. The first-order valence-corrected chi connectivity index (χ1v) is 9.14. The van der Waals surface area contributed by atoms with E-state index in [4.69, 9.17) is 9.47 Å². The summed E-state index contributed by atoms with van der Waals surface area (Å²) in [5.74, 6) is -0.707. The van der Waals surface area contributed by atoms with Gasteiger partial charge in [-0.25, -0.2) is 5.43 Å². The number of nitro groups is 1. The van der Waals surface area contributed by atoms with Gasteiger partial charge >= 0.3 is 11.9 Å². The molecule has 0 atom stereocenters. The largest absolute Gasteiger partial charge is 0.493 e. The second-order valence-electron chi connectivity index (χ2n) is 6.39. The van der Waals surface area contributed by atoms with Crippen molar-refractivity contribution in [2.24, 2.45) is 5.10 Å². The number of ether oxygens (including phenoxy) is 2. The monoisotopic (exact) mass is 460 g/mol. The number of aromatic nitrogens is 1. The molecular formula is C21H15F3N4O5. The molecule has 0 aliphatic rings. The highest BCUT2D eigenvalue weighted by Crippen LogP contribution is 2.40. The van der Waals surface area contributed by atoms with Crippen LogP contribution in [0.4, 0.5) is 18.9 Å². The minimum Gasteiger partial charge on any atom is -0.493 e. The Morgan fingerprint density at radius 3 is 2.55 bits per heavy atom. The number of alkyl halides is 3. The lowest BCUT2D eigenvalue weighted by Gasteiger charge is -2.12. The van der Waals surface area contributed by atoms with Gasteiger partial charge in [-0.2, -0.15) is 18.3 Å². The van der Waals surface area contributed by atoms with E-state index in [2.05, 4.69) is 15.5 Å². The summed E-state index contributed by atoms with van der Waals surface area (Å²) in [5.41, 5.74) is 1.10. The number of nitrogens with zero attached hydrogens (tertiary/aromatic N) is 3. The topological polar surface area (TPSA) is 116 Å². The van der Waals surface area contributed by atoms with Crippen molar-refractivity contribution in [1.29, 1.82) is 0 Å². The van der Waals surface area contributed by atoms with Gasteiger partial charge in [-0.15, -0.1) is 0 Å². The van der Waals surface area contributed by atoms with Crippen LogP contribution < -0.4 is 14.9 Å². The predicted molar refractivity (Wildman–Crippen MR) is 110 cm³/mol. The Morgan fingerprint density at radius 1 is 1.15 bits per heavy atom. The van der Waals surface area contributed by atoms with E-state index >= 15 is 0 Å². The van der Waals surface area contributed by atoms with Crippen LogP contribution in [-0.4, -0.2) is 29.1 Å². The molecule has 1 N–H and O–H groups in total. The van der Waals surface area contributed by atoms with Gasteiger partial charge in [-0.1, -0.05) is 0 Å². The second kappa shape index (κ2) is 9.77. The lowest BCUT2D eigenvalue weighted by atomic mass is 10.1. The Balaban J connectivity index is 1.79. The Bertz CT molecular complexity index is 1200. The third-order valence-corrected chi connectivity index (χ3v) is 4.19. The Morgan fingerprint density at radius 2 is 1.91 bits per heavy atom. The van der Waals surface area contributed by atoms with Crippen LogP contribution in [0.2, 0.25) is 0 Å². The van der Waals surface area contributed by atoms with Crippen molar-refractivity contribution in [3.05, 3.63) is 87.7 Å². The van der Waals surface area contributed by atoms with Crippen LogP contribution >= 0.6 is 0 Å². The molecule has 0 unspecified atom stereocenters. The van der Waals surface area contributed by atoms with Crippen LogP contribution in [0, 0.1) is 10.1 Å². The molecule has 2 aromatic carbocycles. The van der Waals surface area contributed by atoms with Crippen molar-refractivity contribution in [3.63, 3.8) is 0 Å². The van der Waals surface area contributed by atoms with Crippen molar-refractivity contribution in [2.45, 2.75) is 6.18 Å². The maximum absolute atomic E-state index is 12.9. The van der Waals surface area contributed by atoms with E-state index in [1.54, 1.807) is 12.1 Å². The molecule has 0 spiro atoms. The third-order valence-electron chi connectivity index (χ3n) is 4.19. The molecule has 3 rings (SSSR count). The summed E-state index contributed by atoms with van der Waals surface area (Å²) in [4.78, 5) is 26.1. The molecule has 33 heavy (non-hydrogen) atoms. The number of carbonyl (C=O) groups is 1. The van der Waals surface area contributed by atoms with Crippen molar-refractivity contribution in [2.75, 3.05) is 7.11 Å². The maximum atomic E-state index is 12.9. The number of pyridine rings is 1. The number of halogens is 3. The molecule has 3 aromatic rings. The van der Waals surface area contributed by atoms with Gasteiger partial charge in [0.25, 0.3) is 5.91 Å². The van der Waals surface area contributed by atoms with Crippen LogP contribution in [0.25, 0.3) is 0 Å². The van der Waals surface area contributed by atoms with E-state index in [0.717, 1.165) is 6.07 Å². The molecule has 12 heteroatoms. The summed E-state index contributed by atoms with van der Waals surface area (Å²) < 4.78 is 49.3. The smallest absolute Gasteiger partial charge is 0.416 e. The molecule has 0 saturated heterocycles. The van der Waals surface area contributed by atoms with Crippen LogP contribution in [0.15, 0.2) is 66.0 Å². The number of hydrazone groups is 1.